The second-order valence-corrected chi connectivity index (χ2v) is 5.21. The first-order valence-corrected chi connectivity index (χ1v) is 6.67. The minimum Gasteiger partial charge on any atom is -0.392 e. The van der Waals surface area contributed by atoms with Crippen molar-refractivity contribution >= 4 is 23.2 Å². The van der Waals surface area contributed by atoms with Crippen LogP contribution in [0, 0.1) is 5.82 Å². The Morgan fingerprint density at radius 1 is 1.00 bits per heavy atom. The lowest BCUT2D eigenvalue weighted by Crippen LogP contribution is -2.14. The number of hydrogen-bond donors (Lipinski definition) is 1. The molecule has 0 radical (unpaired) electrons. The molecule has 0 aromatic heterocycles. The van der Waals surface area contributed by atoms with Crippen LogP contribution in [-0.2, 0) is 12.8 Å². The van der Waals surface area contributed by atoms with Crippen LogP contribution in [0.2, 0.25) is 10.0 Å². The molecule has 0 aliphatic heterocycles. The molecule has 0 heterocycles. The zero-order chi connectivity index (χ0) is 13.8. The largest absolute Gasteiger partial charge is 0.392 e. The van der Waals surface area contributed by atoms with E-state index in [-0.39, 0.29) is 5.82 Å². The van der Waals surface area contributed by atoms with Gasteiger partial charge in [-0.1, -0.05) is 41.4 Å². The summed E-state index contributed by atoms with van der Waals surface area (Å²) in [5.74, 6) is -0.305. The Labute approximate surface area is 121 Å². The number of aliphatic hydroxyl groups is 1. The predicted molar refractivity (Wildman–Crippen MR) is 76.3 cm³/mol. The zero-order valence-corrected chi connectivity index (χ0v) is 11.6. The Morgan fingerprint density at radius 2 is 1.63 bits per heavy atom. The van der Waals surface area contributed by atoms with Crippen LogP contribution < -0.4 is 0 Å². The van der Waals surface area contributed by atoms with Gasteiger partial charge in [0.05, 0.1) is 6.10 Å². The van der Waals surface area contributed by atoms with Crippen molar-refractivity contribution in [2.45, 2.75) is 18.9 Å². The van der Waals surface area contributed by atoms with Gasteiger partial charge in [-0.05, 0) is 41.8 Å². The summed E-state index contributed by atoms with van der Waals surface area (Å²) in [6.45, 7) is 0. The molecule has 0 saturated heterocycles. The lowest BCUT2D eigenvalue weighted by Gasteiger charge is -2.13. The van der Waals surface area contributed by atoms with Crippen LogP contribution in [0.5, 0.6) is 0 Å². The van der Waals surface area contributed by atoms with Crippen LogP contribution in [0.25, 0.3) is 0 Å². The number of rotatable bonds is 4. The van der Waals surface area contributed by atoms with Gasteiger partial charge >= 0.3 is 0 Å². The molecule has 0 aliphatic rings. The van der Waals surface area contributed by atoms with Crippen molar-refractivity contribution in [1.82, 2.24) is 0 Å². The standard InChI is InChI=1S/C15H13Cl2FO/c16-14-5-2-6-15(17)13(14)9-12(19)8-10-3-1-4-11(18)7-10/h1-7,12,19H,8-9H2. The van der Waals surface area contributed by atoms with E-state index in [1.54, 1.807) is 30.3 Å². The molecular formula is C15H13Cl2FO. The maximum Gasteiger partial charge on any atom is 0.123 e. The molecule has 19 heavy (non-hydrogen) atoms. The summed E-state index contributed by atoms with van der Waals surface area (Å²) < 4.78 is 13.0. The molecule has 100 valence electrons. The third-order valence-corrected chi connectivity index (χ3v) is 3.57. The van der Waals surface area contributed by atoms with Crippen molar-refractivity contribution in [2.24, 2.45) is 0 Å². The Kier molecular flexibility index (Phi) is 4.81. The van der Waals surface area contributed by atoms with Crippen molar-refractivity contribution in [2.75, 3.05) is 0 Å². The van der Waals surface area contributed by atoms with Crippen LogP contribution in [0.4, 0.5) is 4.39 Å². The normalized spacial score (nSPS) is 12.4. The van der Waals surface area contributed by atoms with Crippen molar-refractivity contribution in [3.63, 3.8) is 0 Å². The van der Waals surface area contributed by atoms with E-state index in [1.807, 2.05) is 0 Å². The summed E-state index contributed by atoms with van der Waals surface area (Å²) in [6.07, 6.45) is 0.0492. The summed E-state index contributed by atoms with van der Waals surface area (Å²) >= 11 is 12.1. The van der Waals surface area contributed by atoms with Crippen LogP contribution in [0.3, 0.4) is 0 Å². The van der Waals surface area contributed by atoms with Crippen LogP contribution in [0.1, 0.15) is 11.1 Å². The molecule has 4 heteroatoms. The first kappa shape index (κ1) is 14.3. The molecule has 2 aromatic rings. The highest BCUT2D eigenvalue weighted by atomic mass is 35.5. The van der Waals surface area contributed by atoms with E-state index < -0.39 is 6.10 Å². The van der Waals surface area contributed by atoms with Gasteiger partial charge in [-0.2, -0.15) is 0 Å². The van der Waals surface area contributed by atoms with E-state index in [0.717, 1.165) is 11.1 Å². The Hall–Kier alpha value is -1.09. The van der Waals surface area contributed by atoms with E-state index in [0.29, 0.717) is 22.9 Å². The highest BCUT2D eigenvalue weighted by Crippen LogP contribution is 2.26. The van der Waals surface area contributed by atoms with E-state index in [2.05, 4.69) is 0 Å². The van der Waals surface area contributed by atoms with Gasteiger partial charge in [-0.3, -0.25) is 0 Å². The third kappa shape index (κ3) is 3.93. The molecular weight excluding hydrogens is 286 g/mol. The quantitative estimate of drug-likeness (QED) is 0.893. The minimum atomic E-state index is -0.654. The highest BCUT2D eigenvalue weighted by Gasteiger charge is 2.12. The second kappa shape index (κ2) is 6.38. The summed E-state index contributed by atoms with van der Waals surface area (Å²) in [4.78, 5) is 0. The molecule has 0 amide bonds. The molecule has 2 aromatic carbocycles. The van der Waals surface area contributed by atoms with Gasteiger partial charge in [0, 0.05) is 16.5 Å². The topological polar surface area (TPSA) is 20.2 Å². The fraction of sp³-hybridized carbons (Fsp3) is 0.200. The maximum atomic E-state index is 13.0. The highest BCUT2D eigenvalue weighted by molar-refractivity contribution is 6.35. The predicted octanol–water partition coefficient (Wildman–Crippen LogP) is 4.28. The average Bonchev–Trinajstić information content (AvgIpc) is 2.34. The molecule has 1 nitrogen and oxygen atoms in total. The van der Waals surface area contributed by atoms with Crippen molar-refractivity contribution in [3.8, 4) is 0 Å². The lowest BCUT2D eigenvalue weighted by molar-refractivity contribution is 0.175. The average molecular weight is 299 g/mol. The van der Waals surface area contributed by atoms with E-state index in [4.69, 9.17) is 23.2 Å². The van der Waals surface area contributed by atoms with Gasteiger partial charge in [-0.15, -0.1) is 0 Å². The van der Waals surface area contributed by atoms with E-state index in [9.17, 15) is 9.50 Å². The lowest BCUT2D eigenvalue weighted by atomic mass is 10.0. The minimum absolute atomic E-state index is 0.305. The number of aliphatic hydroxyl groups excluding tert-OH is 1. The molecule has 0 spiro atoms. The number of halogens is 3. The third-order valence-electron chi connectivity index (χ3n) is 2.86. The van der Waals surface area contributed by atoms with Crippen LogP contribution >= 0.6 is 23.2 Å². The number of benzene rings is 2. The molecule has 0 bridgehead atoms. The van der Waals surface area contributed by atoms with Crippen molar-refractivity contribution in [3.05, 3.63) is 69.5 Å². The zero-order valence-electron chi connectivity index (χ0n) is 10.1. The van der Waals surface area contributed by atoms with Crippen molar-refractivity contribution in [1.29, 1.82) is 0 Å². The summed E-state index contributed by atoms with van der Waals surface area (Å²) in [7, 11) is 0. The van der Waals surface area contributed by atoms with Crippen LogP contribution in [-0.4, -0.2) is 11.2 Å². The summed E-state index contributed by atoms with van der Waals surface area (Å²) in [5.41, 5.74) is 1.46. The Bertz CT molecular complexity index is 552. The van der Waals surface area contributed by atoms with Crippen LogP contribution in [0.15, 0.2) is 42.5 Å². The molecule has 1 N–H and O–H groups in total. The van der Waals surface area contributed by atoms with Gasteiger partial charge in [0.2, 0.25) is 0 Å². The SMILES string of the molecule is OC(Cc1cccc(F)c1)Cc1c(Cl)cccc1Cl. The fourth-order valence-corrected chi connectivity index (χ4v) is 2.52. The van der Waals surface area contributed by atoms with Gasteiger partial charge < -0.3 is 5.11 Å². The molecule has 1 atom stereocenters. The van der Waals surface area contributed by atoms with Gasteiger partial charge in [0.1, 0.15) is 5.82 Å². The first-order chi connectivity index (χ1) is 9.06. The van der Waals surface area contributed by atoms with Gasteiger partial charge in [-0.25, -0.2) is 4.39 Å². The van der Waals surface area contributed by atoms with Gasteiger partial charge in [0.15, 0.2) is 0 Å². The molecule has 0 saturated carbocycles. The molecule has 0 fully saturated rings. The van der Waals surface area contributed by atoms with Crippen molar-refractivity contribution < 1.29 is 9.50 Å². The van der Waals surface area contributed by atoms with E-state index >= 15 is 0 Å². The monoisotopic (exact) mass is 298 g/mol. The van der Waals surface area contributed by atoms with E-state index in [1.165, 1.54) is 12.1 Å². The summed E-state index contributed by atoms with van der Waals surface area (Å²) in [6, 6.07) is 11.4. The first-order valence-electron chi connectivity index (χ1n) is 5.91. The number of hydrogen-bond acceptors (Lipinski definition) is 1. The van der Waals surface area contributed by atoms with Gasteiger partial charge in [0.25, 0.3) is 0 Å². The Morgan fingerprint density at radius 3 is 2.26 bits per heavy atom. The smallest absolute Gasteiger partial charge is 0.123 e. The second-order valence-electron chi connectivity index (χ2n) is 4.39. The maximum absolute atomic E-state index is 13.0. The Balaban J connectivity index is 2.07. The fourth-order valence-electron chi connectivity index (χ4n) is 1.97. The molecule has 0 aliphatic carbocycles. The molecule has 2 rings (SSSR count). The molecule has 1 unspecified atom stereocenters. The summed E-state index contributed by atoms with van der Waals surface area (Å²) in [5, 5.41) is 11.1.